The van der Waals surface area contributed by atoms with E-state index in [1.54, 1.807) is 0 Å². The second-order valence-electron chi connectivity index (χ2n) is 5.57. The largest absolute Gasteiger partial charge is 0.385 e. The molecule has 20 heavy (non-hydrogen) atoms. The van der Waals surface area contributed by atoms with Gasteiger partial charge in [-0.15, -0.1) is 0 Å². The van der Waals surface area contributed by atoms with E-state index in [9.17, 15) is 4.79 Å². The van der Waals surface area contributed by atoms with Crippen molar-refractivity contribution in [2.24, 2.45) is 0 Å². The summed E-state index contributed by atoms with van der Waals surface area (Å²) >= 11 is 0. The van der Waals surface area contributed by atoms with Crippen LogP contribution in [-0.4, -0.2) is 31.6 Å². The Bertz CT molecular complexity index is 471. The second kappa shape index (κ2) is 6.64. The number of hydrogen-bond donors (Lipinski definition) is 2. The Morgan fingerprint density at radius 3 is 2.95 bits per heavy atom. The molecule has 1 aliphatic heterocycles. The van der Waals surface area contributed by atoms with E-state index in [2.05, 4.69) is 40.7 Å². The maximum atomic E-state index is 12.0. The van der Waals surface area contributed by atoms with Crippen LogP contribution in [0.2, 0.25) is 0 Å². The van der Waals surface area contributed by atoms with E-state index in [0.29, 0.717) is 6.54 Å². The van der Waals surface area contributed by atoms with Crippen LogP contribution in [0.1, 0.15) is 32.8 Å². The fourth-order valence-corrected chi connectivity index (χ4v) is 2.70. The molecule has 0 saturated heterocycles. The molecule has 1 aromatic rings. The summed E-state index contributed by atoms with van der Waals surface area (Å²) < 4.78 is 0. The number of hydrogen-bond acceptors (Lipinski definition) is 3. The minimum Gasteiger partial charge on any atom is -0.385 e. The molecule has 1 aliphatic rings. The number of nitrogens with one attached hydrogen (secondary N) is 2. The van der Waals surface area contributed by atoms with Gasteiger partial charge in [0.25, 0.3) is 0 Å². The SMILES string of the molecule is CCN(CC(=O)NC(C)C)c1cccc2c1CCCN2. The highest BCUT2D eigenvalue weighted by Crippen LogP contribution is 2.31. The zero-order valence-electron chi connectivity index (χ0n) is 12.7. The molecule has 0 saturated carbocycles. The number of nitrogens with zero attached hydrogens (tertiary/aromatic N) is 1. The van der Waals surface area contributed by atoms with Gasteiger partial charge in [-0.1, -0.05) is 6.07 Å². The van der Waals surface area contributed by atoms with Crippen LogP contribution in [0.15, 0.2) is 18.2 Å². The molecule has 1 aromatic carbocycles. The summed E-state index contributed by atoms with van der Waals surface area (Å²) in [6.45, 7) is 8.37. The van der Waals surface area contributed by atoms with E-state index >= 15 is 0 Å². The van der Waals surface area contributed by atoms with Gasteiger partial charge >= 0.3 is 0 Å². The highest BCUT2D eigenvalue weighted by atomic mass is 16.2. The molecule has 0 aliphatic carbocycles. The molecule has 0 atom stereocenters. The number of rotatable bonds is 5. The predicted molar refractivity (Wildman–Crippen MR) is 84.4 cm³/mol. The summed E-state index contributed by atoms with van der Waals surface area (Å²) in [5.74, 6) is 0.0863. The normalized spacial score (nSPS) is 13.6. The summed E-state index contributed by atoms with van der Waals surface area (Å²) in [7, 11) is 0. The third kappa shape index (κ3) is 3.44. The van der Waals surface area contributed by atoms with Gasteiger partial charge in [-0.2, -0.15) is 0 Å². The highest BCUT2D eigenvalue weighted by Gasteiger charge is 2.18. The van der Waals surface area contributed by atoms with Crippen LogP contribution >= 0.6 is 0 Å². The lowest BCUT2D eigenvalue weighted by molar-refractivity contribution is -0.120. The molecule has 0 spiro atoms. The molecule has 1 amide bonds. The van der Waals surface area contributed by atoms with Crippen molar-refractivity contribution in [2.75, 3.05) is 29.9 Å². The molecule has 0 fully saturated rings. The van der Waals surface area contributed by atoms with Gasteiger partial charge in [-0.3, -0.25) is 4.79 Å². The number of fused-ring (bicyclic) bond motifs is 1. The maximum Gasteiger partial charge on any atom is 0.239 e. The van der Waals surface area contributed by atoms with Crippen LogP contribution in [0.3, 0.4) is 0 Å². The van der Waals surface area contributed by atoms with Crippen LogP contribution in [0, 0.1) is 0 Å². The fraction of sp³-hybridized carbons (Fsp3) is 0.562. The molecule has 110 valence electrons. The van der Waals surface area contributed by atoms with Crippen LogP contribution in [0.5, 0.6) is 0 Å². The quantitative estimate of drug-likeness (QED) is 0.867. The molecular weight excluding hydrogens is 250 g/mol. The van der Waals surface area contributed by atoms with Gasteiger partial charge < -0.3 is 15.5 Å². The number of anilines is 2. The molecule has 1 heterocycles. The van der Waals surface area contributed by atoms with Gasteiger partial charge in [-0.25, -0.2) is 0 Å². The Morgan fingerprint density at radius 1 is 1.45 bits per heavy atom. The van der Waals surface area contributed by atoms with Crippen molar-refractivity contribution in [3.63, 3.8) is 0 Å². The molecule has 2 N–H and O–H groups in total. The Kier molecular flexibility index (Phi) is 4.88. The van der Waals surface area contributed by atoms with E-state index in [0.717, 1.165) is 25.9 Å². The van der Waals surface area contributed by atoms with Gasteiger partial charge in [0.05, 0.1) is 6.54 Å². The summed E-state index contributed by atoms with van der Waals surface area (Å²) in [4.78, 5) is 14.2. The number of likely N-dealkylation sites (N-methyl/N-ethyl adjacent to an activating group) is 1. The van der Waals surface area contributed by atoms with Gasteiger partial charge in [0.1, 0.15) is 0 Å². The monoisotopic (exact) mass is 275 g/mol. The minimum absolute atomic E-state index is 0.0863. The molecule has 0 radical (unpaired) electrons. The van der Waals surface area contributed by atoms with Crippen molar-refractivity contribution in [3.05, 3.63) is 23.8 Å². The van der Waals surface area contributed by atoms with Crippen molar-refractivity contribution < 1.29 is 4.79 Å². The van der Waals surface area contributed by atoms with E-state index in [1.807, 2.05) is 13.8 Å². The van der Waals surface area contributed by atoms with Crippen molar-refractivity contribution in [2.45, 2.75) is 39.7 Å². The van der Waals surface area contributed by atoms with Gasteiger partial charge in [-0.05, 0) is 51.3 Å². The Morgan fingerprint density at radius 2 is 2.25 bits per heavy atom. The van der Waals surface area contributed by atoms with Gasteiger partial charge in [0.15, 0.2) is 0 Å². The summed E-state index contributed by atoms with van der Waals surface area (Å²) in [6.07, 6.45) is 2.24. The molecule has 0 bridgehead atoms. The van der Waals surface area contributed by atoms with E-state index < -0.39 is 0 Å². The minimum atomic E-state index is 0.0863. The van der Waals surface area contributed by atoms with Crippen molar-refractivity contribution >= 4 is 17.3 Å². The zero-order valence-corrected chi connectivity index (χ0v) is 12.7. The average molecular weight is 275 g/mol. The first-order chi connectivity index (χ1) is 9.61. The number of benzene rings is 1. The fourth-order valence-electron chi connectivity index (χ4n) is 2.70. The first-order valence-corrected chi connectivity index (χ1v) is 7.52. The lowest BCUT2D eigenvalue weighted by atomic mass is 10.0. The van der Waals surface area contributed by atoms with Gasteiger partial charge in [0, 0.05) is 30.5 Å². The molecule has 2 rings (SSSR count). The lowest BCUT2D eigenvalue weighted by Crippen LogP contribution is -2.40. The molecule has 0 unspecified atom stereocenters. The van der Waals surface area contributed by atoms with E-state index in [1.165, 1.54) is 16.9 Å². The van der Waals surface area contributed by atoms with Crippen LogP contribution in [0.25, 0.3) is 0 Å². The van der Waals surface area contributed by atoms with Crippen molar-refractivity contribution in [1.29, 1.82) is 0 Å². The van der Waals surface area contributed by atoms with Crippen molar-refractivity contribution in [1.82, 2.24) is 5.32 Å². The van der Waals surface area contributed by atoms with Gasteiger partial charge in [0.2, 0.25) is 5.91 Å². The van der Waals surface area contributed by atoms with Crippen LogP contribution < -0.4 is 15.5 Å². The second-order valence-corrected chi connectivity index (χ2v) is 5.57. The average Bonchev–Trinajstić information content (AvgIpc) is 2.43. The number of carbonyl (C=O) groups is 1. The number of carbonyl (C=O) groups excluding carboxylic acids is 1. The highest BCUT2D eigenvalue weighted by molar-refractivity contribution is 5.82. The predicted octanol–water partition coefficient (Wildman–Crippen LogP) is 2.40. The van der Waals surface area contributed by atoms with Crippen molar-refractivity contribution in [3.8, 4) is 0 Å². The number of amides is 1. The first kappa shape index (κ1) is 14.7. The molecule has 4 nitrogen and oxygen atoms in total. The summed E-state index contributed by atoms with van der Waals surface area (Å²) in [6, 6.07) is 6.50. The van der Waals surface area contributed by atoms with E-state index in [-0.39, 0.29) is 11.9 Å². The maximum absolute atomic E-state index is 12.0. The summed E-state index contributed by atoms with van der Waals surface area (Å²) in [5, 5.41) is 6.40. The third-order valence-electron chi connectivity index (χ3n) is 3.58. The zero-order chi connectivity index (χ0) is 14.5. The first-order valence-electron chi connectivity index (χ1n) is 7.52. The third-order valence-corrected chi connectivity index (χ3v) is 3.58. The molecule has 4 heteroatoms. The lowest BCUT2D eigenvalue weighted by Gasteiger charge is -2.29. The smallest absolute Gasteiger partial charge is 0.239 e. The standard InChI is InChI=1S/C16H25N3O/c1-4-19(11-16(20)18-12(2)3)15-9-5-8-14-13(15)7-6-10-17-14/h5,8-9,12,17H,4,6-7,10-11H2,1-3H3,(H,18,20). The van der Waals surface area contributed by atoms with E-state index in [4.69, 9.17) is 0 Å². The summed E-state index contributed by atoms with van der Waals surface area (Å²) in [5.41, 5.74) is 3.76. The molecule has 0 aromatic heterocycles. The Hall–Kier alpha value is -1.71. The van der Waals surface area contributed by atoms with Crippen LogP contribution in [0.4, 0.5) is 11.4 Å². The van der Waals surface area contributed by atoms with Crippen LogP contribution in [-0.2, 0) is 11.2 Å². The Balaban J connectivity index is 2.17. The Labute approximate surface area is 121 Å². The topological polar surface area (TPSA) is 44.4 Å². The molecular formula is C16H25N3O.